The first kappa shape index (κ1) is 12.3. The molecule has 4 nitrogen and oxygen atoms in total. The minimum atomic E-state index is 0.679. The molecule has 3 rings (SSSR count). The number of hydrogen-bond acceptors (Lipinski definition) is 3. The Morgan fingerprint density at radius 3 is 2.79 bits per heavy atom. The first-order chi connectivity index (χ1) is 9.20. The van der Waals surface area contributed by atoms with E-state index in [0.29, 0.717) is 5.82 Å². The van der Waals surface area contributed by atoms with Crippen molar-refractivity contribution in [2.45, 2.75) is 13.3 Å². The molecule has 0 fully saturated rings. The molecule has 5 heteroatoms. The number of halogens is 1. The van der Waals surface area contributed by atoms with Gasteiger partial charge in [-0.25, -0.2) is 9.97 Å². The third kappa shape index (κ3) is 2.04. The largest absolute Gasteiger partial charge is 0.334 e. The van der Waals surface area contributed by atoms with Crippen molar-refractivity contribution in [1.82, 2.24) is 19.5 Å². The molecule has 0 N–H and O–H groups in total. The Hall–Kier alpha value is -1.75. The maximum atomic E-state index is 4.65. The van der Waals surface area contributed by atoms with E-state index in [4.69, 9.17) is 0 Å². The molecule has 96 valence electrons. The zero-order chi connectivity index (χ0) is 13.4. The molecule has 19 heavy (non-hydrogen) atoms. The molecular formula is C14H13BrN4. The first-order valence-electron chi connectivity index (χ1n) is 6.13. The summed E-state index contributed by atoms with van der Waals surface area (Å²) in [4.78, 5) is 13.6. The van der Waals surface area contributed by atoms with Gasteiger partial charge in [-0.1, -0.05) is 13.0 Å². The lowest BCUT2D eigenvalue weighted by molar-refractivity contribution is 0.935. The lowest BCUT2D eigenvalue weighted by atomic mass is 10.2. The van der Waals surface area contributed by atoms with Gasteiger partial charge in [0.2, 0.25) is 0 Å². The average molecular weight is 317 g/mol. The summed E-state index contributed by atoms with van der Waals surface area (Å²) in [6, 6.07) is 5.77. The monoisotopic (exact) mass is 316 g/mol. The van der Waals surface area contributed by atoms with Crippen LogP contribution in [0.4, 0.5) is 0 Å². The SMILES string of the molecule is CCc1nc(-c2ccccn2)nc2c1c(Br)cn2C. The van der Waals surface area contributed by atoms with Gasteiger partial charge in [0.1, 0.15) is 11.3 Å². The quantitative estimate of drug-likeness (QED) is 0.728. The van der Waals surface area contributed by atoms with Crippen molar-refractivity contribution in [2.24, 2.45) is 7.05 Å². The summed E-state index contributed by atoms with van der Waals surface area (Å²) >= 11 is 3.57. The summed E-state index contributed by atoms with van der Waals surface area (Å²) < 4.78 is 3.04. The molecule has 0 aliphatic carbocycles. The van der Waals surface area contributed by atoms with E-state index >= 15 is 0 Å². The van der Waals surface area contributed by atoms with Gasteiger partial charge in [-0.2, -0.15) is 0 Å². The van der Waals surface area contributed by atoms with Crippen LogP contribution in [0, 0.1) is 0 Å². The highest BCUT2D eigenvalue weighted by atomic mass is 79.9. The van der Waals surface area contributed by atoms with Gasteiger partial charge >= 0.3 is 0 Å². The molecule has 0 saturated heterocycles. The molecule has 0 aromatic carbocycles. The van der Waals surface area contributed by atoms with E-state index in [1.807, 2.05) is 36.0 Å². The van der Waals surface area contributed by atoms with Crippen molar-refractivity contribution >= 4 is 27.0 Å². The number of fused-ring (bicyclic) bond motifs is 1. The van der Waals surface area contributed by atoms with Crippen LogP contribution in [0.5, 0.6) is 0 Å². The molecule has 3 heterocycles. The van der Waals surface area contributed by atoms with Crippen LogP contribution in [-0.4, -0.2) is 19.5 Å². The maximum absolute atomic E-state index is 4.65. The van der Waals surface area contributed by atoms with Crippen molar-refractivity contribution in [1.29, 1.82) is 0 Å². The summed E-state index contributed by atoms with van der Waals surface area (Å²) in [5.74, 6) is 0.679. The number of hydrogen-bond donors (Lipinski definition) is 0. The van der Waals surface area contributed by atoms with Crippen molar-refractivity contribution in [2.75, 3.05) is 0 Å². The summed E-state index contributed by atoms with van der Waals surface area (Å²) in [6.07, 6.45) is 4.64. The normalized spacial score (nSPS) is 11.1. The highest BCUT2D eigenvalue weighted by Gasteiger charge is 2.14. The lowest BCUT2D eigenvalue weighted by Gasteiger charge is -2.05. The Morgan fingerprint density at radius 1 is 1.26 bits per heavy atom. The predicted molar refractivity (Wildman–Crippen MR) is 78.8 cm³/mol. The van der Waals surface area contributed by atoms with Crippen LogP contribution in [0.3, 0.4) is 0 Å². The molecule has 3 aromatic heterocycles. The van der Waals surface area contributed by atoms with Gasteiger partial charge in [0, 0.05) is 23.9 Å². The topological polar surface area (TPSA) is 43.6 Å². The van der Waals surface area contributed by atoms with E-state index < -0.39 is 0 Å². The van der Waals surface area contributed by atoms with Gasteiger partial charge in [-0.05, 0) is 34.5 Å². The highest BCUT2D eigenvalue weighted by molar-refractivity contribution is 9.10. The van der Waals surface area contributed by atoms with Crippen molar-refractivity contribution in [3.63, 3.8) is 0 Å². The molecule has 3 aromatic rings. The number of pyridine rings is 1. The van der Waals surface area contributed by atoms with Gasteiger partial charge in [-0.15, -0.1) is 0 Å². The van der Waals surface area contributed by atoms with Crippen LogP contribution in [0.15, 0.2) is 35.1 Å². The van der Waals surface area contributed by atoms with Crippen LogP contribution >= 0.6 is 15.9 Å². The van der Waals surface area contributed by atoms with Gasteiger partial charge < -0.3 is 4.57 Å². The molecule has 0 bridgehead atoms. The number of nitrogens with zero attached hydrogens (tertiary/aromatic N) is 4. The van der Waals surface area contributed by atoms with E-state index in [2.05, 4.69) is 37.8 Å². The molecule has 0 atom stereocenters. The Bertz CT molecular complexity index is 734. The second-order valence-corrected chi connectivity index (χ2v) is 5.20. The minimum absolute atomic E-state index is 0.679. The van der Waals surface area contributed by atoms with Crippen LogP contribution in [0.25, 0.3) is 22.6 Å². The number of aromatic nitrogens is 4. The fraction of sp³-hybridized carbons (Fsp3) is 0.214. The maximum Gasteiger partial charge on any atom is 0.180 e. The first-order valence-corrected chi connectivity index (χ1v) is 6.93. The second-order valence-electron chi connectivity index (χ2n) is 4.35. The van der Waals surface area contributed by atoms with Gasteiger partial charge in [0.05, 0.1) is 11.1 Å². The minimum Gasteiger partial charge on any atom is -0.334 e. The zero-order valence-electron chi connectivity index (χ0n) is 10.8. The smallest absolute Gasteiger partial charge is 0.180 e. The Balaban J connectivity index is 2.32. The fourth-order valence-electron chi connectivity index (χ4n) is 2.15. The van der Waals surface area contributed by atoms with E-state index in [9.17, 15) is 0 Å². The predicted octanol–water partition coefficient (Wildman–Crippen LogP) is 3.36. The van der Waals surface area contributed by atoms with Crippen molar-refractivity contribution in [3.8, 4) is 11.5 Å². The van der Waals surface area contributed by atoms with Gasteiger partial charge in [0.15, 0.2) is 5.82 Å². The van der Waals surface area contributed by atoms with E-state index in [-0.39, 0.29) is 0 Å². The summed E-state index contributed by atoms with van der Waals surface area (Å²) in [6.45, 7) is 2.10. The summed E-state index contributed by atoms with van der Waals surface area (Å²) in [5, 5.41) is 1.09. The molecule has 0 aliphatic rings. The van der Waals surface area contributed by atoms with Crippen LogP contribution in [0.1, 0.15) is 12.6 Å². The van der Waals surface area contributed by atoms with Crippen molar-refractivity contribution in [3.05, 3.63) is 40.8 Å². The molecule has 0 unspecified atom stereocenters. The molecule has 0 amide bonds. The lowest BCUT2D eigenvalue weighted by Crippen LogP contribution is -1.99. The van der Waals surface area contributed by atoms with Gasteiger partial charge in [0.25, 0.3) is 0 Å². The van der Waals surface area contributed by atoms with E-state index in [0.717, 1.165) is 33.3 Å². The average Bonchev–Trinajstić information content (AvgIpc) is 2.74. The second kappa shape index (κ2) is 4.74. The number of aryl methyl sites for hydroxylation is 2. The van der Waals surface area contributed by atoms with Gasteiger partial charge in [-0.3, -0.25) is 4.98 Å². The van der Waals surface area contributed by atoms with Crippen molar-refractivity contribution < 1.29 is 0 Å². The Kier molecular flexibility index (Phi) is 3.06. The standard InChI is InChI=1S/C14H13BrN4/c1-3-10-12-9(15)8-19(2)14(12)18-13(17-10)11-6-4-5-7-16-11/h4-8H,3H2,1-2H3. The summed E-state index contributed by atoms with van der Waals surface area (Å²) in [7, 11) is 1.99. The molecule has 0 radical (unpaired) electrons. The van der Waals surface area contributed by atoms with Crippen LogP contribution in [0.2, 0.25) is 0 Å². The Labute approximate surface area is 119 Å². The molecule has 0 spiro atoms. The number of rotatable bonds is 2. The highest BCUT2D eigenvalue weighted by Crippen LogP contribution is 2.28. The Morgan fingerprint density at radius 2 is 2.11 bits per heavy atom. The summed E-state index contributed by atoms with van der Waals surface area (Å²) in [5.41, 5.74) is 2.77. The molecule has 0 saturated carbocycles. The van der Waals surface area contributed by atoms with E-state index in [1.54, 1.807) is 6.20 Å². The van der Waals surface area contributed by atoms with E-state index in [1.165, 1.54) is 0 Å². The third-order valence-electron chi connectivity index (χ3n) is 3.07. The van der Waals surface area contributed by atoms with Crippen LogP contribution < -0.4 is 0 Å². The van der Waals surface area contributed by atoms with Crippen LogP contribution in [-0.2, 0) is 13.5 Å². The third-order valence-corrected chi connectivity index (χ3v) is 3.67. The molecular weight excluding hydrogens is 304 g/mol. The molecule has 0 aliphatic heterocycles. The zero-order valence-corrected chi connectivity index (χ0v) is 12.3. The fourth-order valence-corrected chi connectivity index (χ4v) is 2.87.